The molecule has 0 aliphatic heterocycles. The molecule has 4 heteroatoms. The van der Waals surface area contributed by atoms with Gasteiger partial charge in [-0.15, -0.1) is 23.2 Å². The molecule has 0 heterocycles. The van der Waals surface area contributed by atoms with Gasteiger partial charge in [-0.25, -0.2) is 0 Å². The number of esters is 1. The molecule has 0 saturated carbocycles. The monoisotopic (exact) mass is 200 g/mol. The summed E-state index contributed by atoms with van der Waals surface area (Å²) >= 11 is 9.53. The van der Waals surface area contributed by atoms with Gasteiger partial charge in [0, 0.05) is 6.42 Å². The summed E-state index contributed by atoms with van der Waals surface area (Å²) in [4.78, 5) is 10.4. The number of carbonyl (C=O) groups excluding carboxylic acids is 1. The van der Waals surface area contributed by atoms with E-state index in [2.05, 4.69) is 4.74 Å². The Balaban J connectivity index is 0. The van der Waals surface area contributed by atoms with E-state index in [4.69, 9.17) is 23.2 Å². The van der Waals surface area contributed by atoms with Crippen molar-refractivity contribution in [2.75, 3.05) is 11.9 Å². The number of hydrogen-bond acceptors (Lipinski definition) is 2. The van der Waals surface area contributed by atoms with E-state index in [1.807, 2.05) is 13.8 Å². The Labute approximate surface area is 77.8 Å². The number of ether oxygens (including phenoxy) is 1. The van der Waals surface area contributed by atoms with Crippen LogP contribution >= 0.6 is 23.2 Å². The van der Waals surface area contributed by atoms with E-state index in [0.29, 0.717) is 13.0 Å². The molecule has 0 atom stereocenters. The van der Waals surface area contributed by atoms with E-state index in [0.717, 1.165) is 6.42 Å². The van der Waals surface area contributed by atoms with E-state index in [9.17, 15) is 4.79 Å². The lowest BCUT2D eigenvalue weighted by atomic mass is 10.3. The number of alkyl halides is 2. The van der Waals surface area contributed by atoms with Gasteiger partial charge in [0.05, 0.1) is 11.9 Å². The summed E-state index contributed by atoms with van der Waals surface area (Å²) < 4.78 is 4.64. The van der Waals surface area contributed by atoms with Crippen LogP contribution < -0.4 is 0 Å². The molecule has 0 N–H and O–H groups in total. The first kappa shape index (κ1) is 13.6. The van der Waals surface area contributed by atoms with Crippen LogP contribution in [0.15, 0.2) is 0 Å². The molecule has 68 valence electrons. The van der Waals surface area contributed by atoms with E-state index >= 15 is 0 Å². The van der Waals surface area contributed by atoms with Crippen molar-refractivity contribution in [1.29, 1.82) is 0 Å². The minimum absolute atomic E-state index is 0.0880. The second-order valence-electron chi connectivity index (χ2n) is 1.66. The fraction of sp³-hybridized carbons (Fsp3) is 0.857. The summed E-state index contributed by atoms with van der Waals surface area (Å²) in [7, 11) is 0. The summed E-state index contributed by atoms with van der Waals surface area (Å²) in [6.45, 7) is 4.27. The third-order valence-corrected chi connectivity index (χ3v) is 0.759. The van der Waals surface area contributed by atoms with Crippen molar-refractivity contribution in [3.8, 4) is 0 Å². The lowest BCUT2D eigenvalue weighted by Gasteiger charge is -1.96. The number of rotatable bonds is 3. The van der Waals surface area contributed by atoms with Gasteiger partial charge in [-0.3, -0.25) is 4.79 Å². The Morgan fingerprint density at radius 1 is 1.36 bits per heavy atom. The number of halogens is 2. The first-order valence-corrected chi connectivity index (χ1v) is 4.57. The van der Waals surface area contributed by atoms with E-state index in [1.54, 1.807) is 0 Å². The average Bonchev–Trinajstić information content (AvgIpc) is 1.90. The van der Waals surface area contributed by atoms with Gasteiger partial charge in [-0.2, -0.15) is 0 Å². The molecule has 0 unspecified atom stereocenters. The molecule has 0 aliphatic rings. The highest BCUT2D eigenvalue weighted by molar-refractivity contribution is 6.40. The number of carbonyl (C=O) groups is 1. The van der Waals surface area contributed by atoms with E-state index in [1.165, 1.54) is 0 Å². The van der Waals surface area contributed by atoms with Gasteiger partial charge in [-0.1, -0.05) is 6.92 Å². The lowest BCUT2D eigenvalue weighted by Crippen LogP contribution is -2.01. The topological polar surface area (TPSA) is 26.3 Å². The smallest absolute Gasteiger partial charge is 0.305 e. The Bertz CT molecular complexity index is 78.5. The van der Waals surface area contributed by atoms with Crippen LogP contribution in [0.25, 0.3) is 0 Å². The van der Waals surface area contributed by atoms with Crippen LogP contribution in [-0.2, 0) is 9.53 Å². The van der Waals surface area contributed by atoms with Gasteiger partial charge in [-0.05, 0) is 13.3 Å². The van der Waals surface area contributed by atoms with Crippen molar-refractivity contribution >= 4 is 29.2 Å². The lowest BCUT2D eigenvalue weighted by molar-refractivity contribution is -0.143. The molecular formula is C7H14Cl2O2. The Hall–Kier alpha value is 0.0500. The van der Waals surface area contributed by atoms with Crippen molar-refractivity contribution in [3.63, 3.8) is 0 Å². The van der Waals surface area contributed by atoms with Crippen molar-refractivity contribution in [2.45, 2.75) is 26.7 Å². The molecule has 0 aliphatic carbocycles. The van der Waals surface area contributed by atoms with Crippen LogP contribution in [-0.4, -0.2) is 17.9 Å². The van der Waals surface area contributed by atoms with Gasteiger partial charge in [0.15, 0.2) is 0 Å². The van der Waals surface area contributed by atoms with Crippen LogP contribution in [0.2, 0.25) is 0 Å². The zero-order chi connectivity index (χ0) is 9.11. The maximum atomic E-state index is 10.4. The molecule has 0 radical (unpaired) electrons. The molecule has 0 saturated heterocycles. The molecule has 0 bridgehead atoms. The summed E-state index contributed by atoms with van der Waals surface area (Å²) in [6.07, 6.45) is 1.42. The van der Waals surface area contributed by atoms with Gasteiger partial charge >= 0.3 is 5.97 Å². The molecule has 0 aromatic rings. The zero-order valence-corrected chi connectivity index (χ0v) is 8.41. The van der Waals surface area contributed by atoms with E-state index < -0.39 is 0 Å². The maximum absolute atomic E-state index is 10.4. The van der Waals surface area contributed by atoms with Crippen LogP contribution in [0.1, 0.15) is 26.7 Å². The standard InChI is InChI=1S/C6H12O2.CH2Cl2/c1-3-5-6(7)8-4-2;2-1-3/h3-5H2,1-2H3;1H2. The highest BCUT2D eigenvalue weighted by atomic mass is 35.5. The van der Waals surface area contributed by atoms with Crippen molar-refractivity contribution in [3.05, 3.63) is 0 Å². The van der Waals surface area contributed by atoms with Gasteiger partial charge in [0.1, 0.15) is 0 Å². The minimum Gasteiger partial charge on any atom is -0.466 e. The molecular weight excluding hydrogens is 187 g/mol. The summed E-state index contributed by atoms with van der Waals surface area (Å²) in [5.41, 5.74) is 0. The average molecular weight is 201 g/mol. The first-order chi connectivity index (χ1) is 5.22. The first-order valence-electron chi connectivity index (χ1n) is 3.50. The second kappa shape index (κ2) is 12.7. The predicted octanol–water partition coefficient (Wildman–Crippen LogP) is 2.77. The summed E-state index contributed by atoms with van der Waals surface area (Å²) in [5, 5.41) is 0.194. The Morgan fingerprint density at radius 2 is 1.82 bits per heavy atom. The van der Waals surface area contributed by atoms with Crippen LogP contribution in [0.4, 0.5) is 0 Å². The fourth-order valence-electron chi connectivity index (χ4n) is 0.437. The highest BCUT2D eigenvalue weighted by Crippen LogP contribution is 1.89. The molecule has 0 rings (SSSR count). The predicted molar refractivity (Wildman–Crippen MR) is 48.1 cm³/mol. The van der Waals surface area contributed by atoms with Crippen LogP contribution in [0.3, 0.4) is 0 Å². The van der Waals surface area contributed by atoms with Crippen LogP contribution in [0, 0.1) is 0 Å². The molecule has 0 fully saturated rings. The highest BCUT2D eigenvalue weighted by Gasteiger charge is 1.95. The molecule has 0 amide bonds. The minimum atomic E-state index is -0.0880. The normalized spacial score (nSPS) is 8.00. The Kier molecular flexibility index (Phi) is 15.7. The largest absolute Gasteiger partial charge is 0.466 e. The van der Waals surface area contributed by atoms with Crippen molar-refractivity contribution < 1.29 is 9.53 Å². The van der Waals surface area contributed by atoms with E-state index in [-0.39, 0.29) is 11.3 Å². The molecule has 0 spiro atoms. The molecule has 2 nitrogen and oxygen atoms in total. The quantitative estimate of drug-likeness (QED) is 0.518. The summed E-state index contributed by atoms with van der Waals surface area (Å²) in [6, 6.07) is 0. The summed E-state index contributed by atoms with van der Waals surface area (Å²) in [5.74, 6) is -0.0880. The fourth-order valence-corrected chi connectivity index (χ4v) is 0.437. The van der Waals surface area contributed by atoms with Crippen molar-refractivity contribution in [2.24, 2.45) is 0 Å². The Morgan fingerprint density at radius 3 is 2.09 bits per heavy atom. The third-order valence-electron chi connectivity index (χ3n) is 0.759. The third kappa shape index (κ3) is 17.8. The molecule has 0 aromatic heterocycles. The van der Waals surface area contributed by atoms with Gasteiger partial charge in [0.25, 0.3) is 0 Å². The molecule has 0 aromatic carbocycles. The maximum Gasteiger partial charge on any atom is 0.305 e. The van der Waals surface area contributed by atoms with Crippen LogP contribution in [0.5, 0.6) is 0 Å². The zero-order valence-electron chi connectivity index (χ0n) is 6.90. The second-order valence-corrected chi connectivity index (χ2v) is 2.46. The van der Waals surface area contributed by atoms with Gasteiger partial charge in [0.2, 0.25) is 0 Å². The van der Waals surface area contributed by atoms with Crippen molar-refractivity contribution in [1.82, 2.24) is 0 Å². The number of hydrogen-bond donors (Lipinski definition) is 0. The SMILES string of the molecule is CCCC(=O)OCC.ClCCl. The van der Waals surface area contributed by atoms with Gasteiger partial charge < -0.3 is 4.74 Å². The molecule has 11 heavy (non-hydrogen) atoms.